The Morgan fingerprint density at radius 1 is 1.53 bits per heavy atom. The van der Waals surface area contributed by atoms with E-state index in [2.05, 4.69) is 15.3 Å². The molecule has 0 bridgehead atoms. The van der Waals surface area contributed by atoms with Crippen molar-refractivity contribution < 1.29 is 4.79 Å². The Hall–Kier alpha value is -1.36. The molecule has 17 heavy (non-hydrogen) atoms. The molecule has 90 valence electrons. The summed E-state index contributed by atoms with van der Waals surface area (Å²) >= 11 is 5.93. The molecule has 0 aromatic carbocycles. The molecular weight excluding hydrogens is 240 g/mol. The van der Waals surface area contributed by atoms with Crippen LogP contribution >= 0.6 is 11.6 Å². The predicted molar refractivity (Wildman–Crippen MR) is 65.4 cm³/mol. The molecule has 0 spiro atoms. The van der Waals surface area contributed by atoms with E-state index in [0.29, 0.717) is 0 Å². The molecule has 1 unspecified atom stereocenters. The van der Waals surface area contributed by atoms with E-state index in [4.69, 9.17) is 11.6 Å². The fraction of sp³-hybridized carbons (Fsp3) is 0.545. The number of anilines is 2. The van der Waals surface area contributed by atoms with Crippen LogP contribution in [0.25, 0.3) is 0 Å². The lowest BCUT2D eigenvalue weighted by atomic mass is 10.1. The first kappa shape index (κ1) is 10.8. The molecule has 0 radical (unpaired) electrons. The highest BCUT2D eigenvalue weighted by Crippen LogP contribution is 2.37. The van der Waals surface area contributed by atoms with E-state index in [-0.39, 0.29) is 17.2 Å². The highest BCUT2D eigenvalue weighted by molar-refractivity contribution is 6.28. The van der Waals surface area contributed by atoms with Crippen molar-refractivity contribution in [2.24, 2.45) is 0 Å². The van der Waals surface area contributed by atoms with Crippen molar-refractivity contribution in [2.75, 3.05) is 16.8 Å². The van der Waals surface area contributed by atoms with Gasteiger partial charge in [-0.2, -0.15) is 4.98 Å². The van der Waals surface area contributed by atoms with Gasteiger partial charge in [-0.15, -0.1) is 0 Å². The zero-order chi connectivity index (χ0) is 12.0. The minimum atomic E-state index is -0.0850. The third kappa shape index (κ3) is 1.57. The largest absolute Gasteiger partial charge is 0.343 e. The van der Waals surface area contributed by atoms with E-state index in [9.17, 15) is 4.79 Å². The summed E-state index contributed by atoms with van der Waals surface area (Å²) in [5, 5.41) is 3.17. The number of aromatic nitrogens is 2. The SMILES string of the molecule is CCc1nc(Cl)nc2c1NC(=O)C1CCCN21. The first-order chi connectivity index (χ1) is 8.20. The van der Waals surface area contributed by atoms with Gasteiger partial charge in [0.05, 0.1) is 5.69 Å². The van der Waals surface area contributed by atoms with Crippen LogP contribution in [0.3, 0.4) is 0 Å². The van der Waals surface area contributed by atoms with Crippen LogP contribution in [-0.4, -0.2) is 28.5 Å². The molecule has 6 heteroatoms. The molecule has 0 saturated carbocycles. The number of hydrogen-bond donors (Lipinski definition) is 1. The molecule has 3 rings (SSSR count). The molecule has 2 aliphatic heterocycles. The fourth-order valence-electron chi connectivity index (χ4n) is 2.56. The van der Waals surface area contributed by atoms with Crippen LogP contribution < -0.4 is 10.2 Å². The van der Waals surface area contributed by atoms with E-state index in [1.807, 2.05) is 11.8 Å². The first-order valence-corrected chi connectivity index (χ1v) is 6.22. The molecule has 0 aliphatic carbocycles. The van der Waals surface area contributed by atoms with Gasteiger partial charge >= 0.3 is 0 Å². The van der Waals surface area contributed by atoms with Crippen molar-refractivity contribution in [1.29, 1.82) is 0 Å². The molecule has 1 aromatic rings. The second-order valence-electron chi connectivity index (χ2n) is 4.33. The number of halogens is 1. The van der Waals surface area contributed by atoms with Crippen molar-refractivity contribution in [3.05, 3.63) is 11.0 Å². The minimum Gasteiger partial charge on any atom is -0.343 e. The van der Waals surface area contributed by atoms with Gasteiger partial charge in [0.15, 0.2) is 5.82 Å². The number of hydrogen-bond acceptors (Lipinski definition) is 4. The molecule has 5 nitrogen and oxygen atoms in total. The maximum atomic E-state index is 12.0. The quantitative estimate of drug-likeness (QED) is 0.772. The fourth-order valence-corrected chi connectivity index (χ4v) is 2.74. The first-order valence-electron chi connectivity index (χ1n) is 5.84. The summed E-state index contributed by atoms with van der Waals surface area (Å²) in [5.74, 6) is 0.833. The zero-order valence-electron chi connectivity index (χ0n) is 9.53. The van der Waals surface area contributed by atoms with E-state index in [1.165, 1.54) is 0 Å². The molecule has 3 heterocycles. The van der Waals surface area contributed by atoms with Gasteiger partial charge in [0.25, 0.3) is 0 Å². The number of rotatable bonds is 1. The van der Waals surface area contributed by atoms with Gasteiger partial charge in [-0.05, 0) is 30.9 Å². The average Bonchev–Trinajstić information content (AvgIpc) is 2.79. The Kier molecular flexibility index (Phi) is 2.43. The second kappa shape index (κ2) is 3.84. The Morgan fingerprint density at radius 3 is 3.12 bits per heavy atom. The van der Waals surface area contributed by atoms with Crippen LogP contribution in [0.4, 0.5) is 11.5 Å². The lowest BCUT2D eigenvalue weighted by Crippen LogP contribution is -2.45. The normalized spacial score (nSPS) is 22.1. The summed E-state index contributed by atoms with van der Waals surface area (Å²) < 4.78 is 0. The van der Waals surface area contributed by atoms with Gasteiger partial charge in [0.2, 0.25) is 11.2 Å². The van der Waals surface area contributed by atoms with Crippen LogP contribution in [0.15, 0.2) is 0 Å². The van der Waals surface area contributed by atoms with E-state index in [0.717, 1.165) is 43.0 Å². The topological polar surface area (TPSA) is 58.1 Å². The van der Waals surface area contributed by atoms with Gasteiger partial charge < -0.3 is 10.2 Å². The lowest BCUT2D eigenvalue weighted by molar-refractivity contribution is -0.117. The third-order valence-electron chi connectivity index (χ3n) is 3.35. The van der Waals surface area contributed by atoms with E-state index >= 15 is 0 Å². The monoisotopic (exact) mass is 252 g/mol. The number of aryl methyl sites for hydroxylation is 1. The molecular formula is C11H13ClN4O. The molecule has 1 amide bonds. The number of carbonyl (C=O) groups excluding carboxylic acids is 1. The van der Waals surface area contributed by atoms with Crippen LogP contribution in [-0.2, 0) is 11.2 Å². The van der Waals surface area contributed by atoms with Crippen molar-refractivity contribution in [2.45, 2.75) is 32.2 Å². The molecule has 1 atom stereocenters. The van der Waals surface area contributed by atoms with Gasteiger partial charge in [-0.3, -0.25) is 4.79 Å². The van der Waals surface area contributed by atoms with Crippen molar-refractivity contribution in [3.63, 3.8) is 0 Å². The lowest BCUT2D eigenvalue weighted by Gasteiger charge is -2.32. The summed E-state index contributed by atoms with van der Waals surface area (Å²) in [5.41, 5.74) is 1.54. The molecule has 1 fully saturated rings. The Labute approximate surface area is 104 Å². The highest BCUT2D eigenvalue weighted by Gasteiger charge is 2.38. The average molecular weight is 253 g/mol. The summed E-state index contributed by atoms with van der Waals surface area (Å²) in [7, 11) is 0. The van der Waals surface area contributed by atoms with Crippen LogP contribution in [0, 0.1) is 0 Å². The van der Waals surface area contributed by atoms with Crippen LogP contribution in [0.1, 0.15) is 25.5 Å². The van der Waals surface area contributed by atoms with Crippen LogP contribution in [0.5, 0.6) is 0 Å². The number of amides is 1. The maximum absolute atomic E-state index is 12.0. The van der Waals surface area contributed by atoms with Gasteiger partial charge in [0.1, 0.15) is 11.7 Å². The van der Waals surface area contributed by atoms with E-state index < -0.39 is 0 Å². The molecule has 1 N–H and O–H groups in total. The molecule has 1 saturated heterocycles. The second-order valence-corrected chi connectivity index (χ2v) is 4.67. The standard InChI is InChI=1S/C11H13ClN4O/c1-2-6-8-9(15-11(12)13-6)16-5-3-4-7(16)10(17)14-8/h7H,2-5H2,1H3,(H,14,17). The predicted octanol–water partition coefficient (Wildman–Crippen LogP) is 1.61. The Bertz CT molecular complexity index is 491. The summed E-state index contributed by atoms with van der Waals surface area (Å²) in [6, 6.07) is -0.0850. The number of fused-ring (bicyclic) bond motifs is 3. The number of nitrogens with zero attached hydrogens (tertiary/aromatic N) is 3. The number of carbonyl (C=O) groups is 1. The summed E-state index contributed by atoms with van der Waals surface area (Å²) in [6.07, 6.45) is 2.62. The van der Waals surface area contributed by atoms with Gasteiger partial charge in [-0.25, -0.2) is 4.98 Å². The van der Waals surface area contributed by atoms with Crippen molar-refractivity contribution in [3.8, 4) is 0 Å². The molecule has 2 aliphatic rings. The van der Waals surface area contributed by atoms with Crippen molar-refractivity contribution >= 4 is 29.0 Å². The van der Waals surface area contributed by atoms with Gasteiger partial charge in [-0.1, -0.05) is 6.92 Å². The number of nitrogens with one attached hydrogen (secondary N) is 1. The Balaban J connectivity index is 2.16. The minimum absolute atomic E-state index is 0.0515. The summed E-state index contributed by atoms with van der Waals surface area (Å²) in [4.78, 5) is 22.4. The van der Waals surface area contributed by atoms with Crippen LogP contribution in [0.2, 0.25) is 5.28 Å². The highest BCUT2D eigenvalue weighted by atomic mass is 35.5. The smallest absolute Gasteiger partial charge is 0.247 e. The summed E-state index contributed by atoms with van der Waals surface area (Å²) in [6.45, 7) is 2.85. The maximum Gasteiger partial charge on any atom is 0.247 e. The molecule has 1 aromatic heterocycles. The zero-order valence-corrected chi connectivity index (χ0v) is 10.3. The van der Waals surface area contributed by atoms with E-state index in [1.54, 1.807) is 0 Å². The Morgan fingerprint density at radius 2 is 2.35 bits per heavy atom. The van der Waals surface area contributed by atoms with Crippen molar-refractivity contribution in [1.82, 2.24) is 9.97 Å². The van der Waals surface area contributed by atoms with Gasteiger partial charge in [0, 0.05) is 6.54 Å². The third-order valence-corrected chi connectivity index (χ3v) is 3.52.